The highest BCUT2D eigenvalue weighted by Crippen LogP contribution is 2.26. The van der Waals surface area contributed by atoms with E-state index in [0.717, 1.165) is 24.2 Å². The number of carbonyl (C=O) groups excluding carboxylic acids is 1. The molecule has 0 spiro atoms. The molecule has 1 aliphatic rings. The van der Waals surface area contributed by atoms with Crippen molar-refractivity contribution >= 4 is 5.91 Å². The Balaban J connectivity index is 1.59. The molecule has 132 valence electrons. The lowest BCUT2D eigenvalue weighted by molar-refractivity contribution is -0.127. The average Bonchev–Trinajstić information content (AvgIpc) is 2.62. The van der Waals surface area contributed by atoms with E-state index in [1.54, 1.807) is 19.1 Å². The van der Waals surface area contributed by atoms with E-state index in [-0.39, 0.29) is 17.8 Å². The van der Waals surface area contributed by atoms with E-state index < -0.39 is 6.10 Å². The summed E-state index contributed by atoms with van der Waals surface area (Å²) in [6, 6.07) is 12.0. The summed E-state index contributed by atoms with van der Waals surface area (Å²) in [7, 11) is 0. The highest BCUT2D eigenvalue weighted by atomic mass is 19.1. The Kier molecular flexibility index (Phi) is 5.37. The molecule has 0 aliphatic heterocycles. The first-order valence-corrected chi connectivity index (χ1v) is 8.87. The van der Waals surface area contributed by atoms with Gasteiger partial charge in [0.2, 0.25) is 0 Å². The van der Waals surface area contributed by atoms with E-state index in [0.29, 0.717) is 0 Å². The Hall–Kier alpha value is -2.36. The SMILES string of the molecule is C[C@H](NC(=O)[C@@H](C)Oc1ccc2c(c1)CCCC2)c1ccc(F)cc1. The minimum Gasteiger partial charge on any atom is -0.481 e. The molecule has 1 amide bonds. The summed E-state index contributed by atoms with van der Waals surface area (Å²) in [5, 5.41) is 2.91. The number of hydrogen-bond acceptors (Lipinski definition) is 2. The van der Waals surface area contributed by atoms with Crippen LogP contribution in [0.5, 0.6) is 5.75 Å². The smallest absolute Gasteiger partial charge is 0.261 e. The third-order valence-corrected chi connectivity index (χ3v) is 4.73. The van der Waals surface area contributed by atoms with Gasteiger partial charge in [-0.05, 0) is 80.5 Å². The topological polar surface area (TPSA) is 38.3 Å². The molecule has 4 heteroatoms. The van der Waals surface area contributed by atoms with E-state index in [1.165, 1.54) is 36.1 Å². The van der Waals surface area contributed by atoms with Crippen molar-refractivity contribution in [3.63, 3.8) is 0 Å². The number of amides is 1. The van der Waals surface area contributed by atoms with Crippen LogP contribution < -0.4 is 10.1 Å². The van der Waals surface area contributed by atoms with Crippen LogP contribution >= 0.6 is 0 Å². The summed E-state index contributed by atoms with van der Waals surface area (Å²) >= 11 is 0. The van der Waals surface area contributed by atoms with Crippen molar-refractivity contribution in [1.82, 2.24) is 5.32 Å². The number of fused-ring (bicyclic) bond motifs is 1. The molecule has 0 fully saturated rings. The zero-order valence-corrected chi connectivity index (χ0v) is 14.7. The molecule has 3 rings (SSSR count). The second-order valence-corrected chi connectivity index (χ2v) is 6.68. The van der Waals surface area contributed by atoms with Crippen LogP contribution in [0.3, 0.4) is 0 Å². The van der Waals surface area contributed by atoms with Gasteiger partial charge in [-0.2, -0.15) is 0 Å². The number of carbonyl (C=O) groups is 1. The molecular formula is C21H24FNO2. The van der Waals surface area contributed by atoms with Crippen molar-refractivity contribution in [2.45, 2.75) is 51.7 Å². The third-order valence-electron chi connectivity index (χ3n) is 4.73. The molecule has 2 aromatic rings. The fourth-order valence-corrected chi connectivity index (χ4v) is 3.21. The van der Waals surface area contributed by atoms with Crippen LogP contribution in [0, 0.1) is 5.82 Å². The number of aryl methyl sites for hydroxylation is 2. The number of rotatable bonds is 5. The minimum absolute atomic E-state index is 0.186. The first-order valence-electron chi connectivity index (χ1n) is 8.87. The molecule has 0 saturated heterocycles. The van der Waals surface area contributed by atoms with E-state index in [2.05, 4.69) is 17.4 Å². The Morgan fingerprint density at radius 3 is 2.44 bits per heavy atom. The van der Waals surface area contributed by atoms with Crippen molar-refractivity contribution in [2.75, 3.05) is 0 Å². The fraction of sp³-hybridized carbons (Fsp3) is 0.381. The molecule has 0 heterocycles. The molecule has 2 atom stereocenters. The predicted molar refractivity (Wildman–Crippen MR) is 96.1 cm³/mol. The summed E-state index contributed by atoms with van der Waals surface area (Å²) in [5.41, 5.74) is 3.58. The van der Waals surface area contributed by atoms with Gasteiger partial charge in [-0.25, -0.2) is 4.39 Å². The molecule has 0 radical (unpaired) electrons. The standard InChI is InChI=1S/C21H24FNO2/c1-14(16-7-10-19(22)11-8-16)23-21(24)15(2)25-20-12-9-17-5-3-4-6-18(17)13-20/h7-15H,3-6H2,1-2H3,(H,23,24)/t14-,15+/m0/s1. The highest BCUT2D eigenvalue weighted by Gasteiger charge is 2.19. The summed E-state index contributed by atoms with van der Waals surface area (Å²) in [5.74, 6) is 0.263. The van der Waals surface area contributed by atoms with E-state index in [4.69, 9.17) is 4.74 Å². The van der Waals surface area contributed by atoms with Crippen LogP contribution in [0.4, 0.5) is 4.39 Å². The van der Waals surface area contributed by atoms with Crippen LogP contribution in [0.1, 0.15) is 49.4 Å². The van der Waals surface area contributed by atoms with Gasteiger partial charge in [0.15, 0.2) is 6.10 Å². The molecule has 25 heavy (non-hydrogen) atoms. The highest BCUT2D eigenvalue weighted by molar-refractivity contribution is 5.81. The van der Waals surface area contributed by atoms with Crippen molar-refractivity contribution in [3.8, 4) is 5.75 Å². The minimum atomic E-state index is -0.593. The number of halogens is 1. The van der Waals surface area contributed by atoms with Gasteiger partial charge in [-0.1, -0.05) is 18.2 Å². The summed E-state index contributed by atoms with van der Waals surface area (Å²) in [6.07, 6.45) is 4.06. The summed E-state index contributed by atoms with van der Waals surface area (Å²) in [6.45, 7) is 3.61. The van der Waals surface area contributed by atoms with Crippen LogP contribution in [0.15, 0.2) is 42.5 Å². The Morgan fingerprint density at radius 2 is 1.72 bits per heavy atom. The molecule has 0 saturated carbocycles. The monoisotopic (exact) mass is 341 g/mol. The number of ether oxygens (including phenoxy) is 1. The van der Waals surface area contributed by atoms with Crippen molar-refractivity contribution < 1.29 is 13.9 Å². The van der Waals surface area contributed by atoms with Gasteiger partial charge in [0.25, 0.3) is 5.91 Å². The lowest BCUT2D eigenvalue weighted by Crippen LogP contribution is -2.37. The molecule has 1 aliphatic carbocycles. The van der Waals surface area contributed by atoms with Gasteiger partial charge in [0.05, 0.1) is 6.04 Å². The van der Waals surface area contributed by atoms with Gasteiger partial charge >= 0.3 is 0 Å². The van der Waals surface area contributed by atoms with Crippen LogP contribution in [-0.4, -0.2) is 12.0 Å². The van der Waals surface area contributed by atoms with Gasteiger partial charge in [0.1, 0.15) is 11.6 Å². The molecule has 0 unspecified atom stereocenters. The average molecular weight is 341 g/mol. The quantitative estimate of drug-likeness (QED) is 0.878. The number of hydrogen-bond donors (Lipinski definition) is 1. The van der Waals surface area contributed by atoms with Gasteiger partial charge < -0.3 is 10.1 Å². The van der Waals surface area contributed by atoms with Crippen LogP contribution in [0.2, 0.25) is 0 Å². The number of benzene rings is 2. The molecule has 0 aromatic heterocycles. The zero-order chi connectivity index (χ0) is 17.8. The second kappa shape index (κ2) is 7.68. The number of nitrogens with one attached hydrogen (secondary N) is 1. The Labute approximate surface area is 148 Å². The molecule has 3 nitrogen and oxygen atoms in total. The first-order chi connectivity index (χ1) is 12.0. The molecule has 1 N–H and O–H groups in total. The first kappa shape index (κ1) is 17.5. The molecule has 0 bridgehead atoms. The second-order valence-electron chi connectivity index (χ2n) is 6.68. The van der Waals surface area contributed by atoms with Gasteiger partial charge in [0, 0.05) is 0 Å². The van der Waals surface area contributed by atoms with E-state index in [9.17, 15) is 9.18 Å². The molecular weight excluding hydrogens is 317 g/mol. The van der Waals surface area contributed by atoms with Crippen LogP contribution in [-0.2, 0) is 17.6 Å². The normalized spacial score (nSPS) is 15.8. The van der Waals surface area contributed by atoms with Gasteiger partial charge in [-0.3, -0.25) is 4.79 Å². The van der Waals surface area contributed by atoms with Crippen molar-refractivity contribution in [1.29, 1.82) is 0 Å². The predicted octanol–water partition coefficient (Wildman–Crippen LogP) is 4.35. The van der Waals surface area contributed by atoms with Crippen molar-refractivity contribution in [3.05, 3.63) is 65.0 Å². The summed E-state index contributed by atoms with van der Waals surface area (Å²) < 4.78 is 18.8. The molecule has 2 aromatic carbocycles. The Morgan fingerprint density at radius 1 is 1.04 bits per heavy atom. The maximum atomic E-state index is 13.0. The lowest BCUT2D eigenvalue weighted by Gasteiger charge is -2.21. The van der Waals surface area contributed by atoms with E-state index in [1.807, 2.05) is 13.0 Å². The lowest BCUT2D eigenvalue weighted by atomic mass is 9.92. The largest absolute Gasteiger partial charge is 0.481 e. The van der Waals surface area contributed by atoms with Crippen molar-refractivity contribution in [2.24, 2.45) is 0 Å². The Bertz CT molecular complexity index is 742. The maximum Gasteiger partial charge on any atom is 0.261 e. The third kappa shape index (κ3) is 4.38. The van der Waals surface area contributed by atoms with Gasteiger partial charge in [-0.15, -0.1) is 0 Å². The summed E-state index contributed by atoms with van der Waals surface area (Å²) in [4.78, 5) is 12.4. The van der Waals surface area contributed by atoms with E-state index >= 15 is 0 Å². The van der Waals surface area contributed by atoms with Crippen LogP contribution in [0.25, 0.3) is 0 Å². The maximum absolute atomic E-state index is 13.0. The zero-order valence-electron chi connectivity index (χ0n) is 14.7. The fourth-order valence-electron chi connectivity index (χ4n) is 3.21.